The number of hydrogen-bond acceptors (Lipinski definition) is 5. The van der Waals surface area contributed by atoms with E-state index in [0.717, 1.165) is 25.1 Å². The van der Waals surface area contributed by atoms with E-state index in [4.69, 9.17) is 10.5 Å². The summed E-state index contributed by atoms with van der Waals surface area (Å²) in [6.45, 7) is 6.30. The first-order chi connectivity index (χ1) is 8.62. The number of likely N-dealkylation sites (tertiary alicyclic amines) is 1. The van der Waals surface area contributed by atoms with Gasteiger partial charge < -0.3 is 20.5 Å². The Balaban J connectivity index is 2.78. The van der Waals surface area contributed by atoms with Gasteiger partial charge in [0.15, 0.2) is 0 Å². The number of rotatable bonds is 5. The van der Waals surface area contributed by atoms with Gasteiger partial charge in [0.1, 0.15) is 5.82 Å². The third kappa shape index (κ3) is 3.85. The smallest absolute Gasteiger partial charge is 0.122 e. The van der Waals surface area contributed by atoms with Gasteiger partial charge >= 0.3 is 0 Å². The van der Waals surface area contributed by atoms with E-state index in [9.17, 15) is 5.11 Å². The van der Waals surface area contributed by atoms with Crippen molar-refractivity contribution in [2.45, 2.75) is 31.9 Å². The van der Waals surface area contributed by atoms with E-state index < -0.39 is 0 Å². The summed E-state index contributed by atoms with van der Waals surface area (Å²) in [6.07, 6.45) is 5.74. The largest absolute Gasteiger partial charge is 0.394 e. The zero-order valence-corrected chi connectivity index (χ0v) is 11.2. The number of allylic oxidation sites excluding steroid dienone is 3. The molecular weight excluding hydrogens is 230 g/mol. The Kier molecular flexibility index (Phi) is 5.88. The minimum Gasteiger partial charge on any atom is -0.394 e. The number of piperidine rings is 1. The number of hydrogen-bond donors (Lipinski definition) is 2. The van der Waals surface area contributed by atoms with E-state index in [-0.39, 0.29) is 18.8 Å². The van der Waals surface area contributed by atoms with E-state index in [1.54, 1.807) is 13.2 Å². The van der Waals surface area contributed by atoms with E-state index in [0.29, 0.717) is 5.82 Å². The fraction of sp³-hybridized carbons (Fsp3) is 0.615. The molecule has 1 fully saturated rings. The first-order valence-electron chi connectivity index (χ1n) is 6.13. The van der Waals surface area contributed by atoms with Gasteiger partial charge in [0.25, 0.3) is 0 Å². The molecule has 0 aromatic carbocycles. The van der Waals surface area contributed by atoms with Gasteiger partial charge in [-0.1, -0.05) is 0 Å². The summed E-state index contributed by atoms with van der Waals surface area (Å²) in [6, 6.07) is 0.152. The number of ether oxygens (including phenoxy) is 1. The molecule has 3 N–H and O–H groups in total. The summed E-state index contributed by atoms with van der Waals surface area (Å²) in [5, 5.41) is 9.41. The molecule has 1 aliphatic heterocycles. The standard InChI is InChI=1S/C13H23N3O2/c1-10(4-7-13(14)15-2)16-8-12(18-3)6-5-11(16)9-17/h4,7,11-12,17H,2,5-6,8-9,14H2,1,3H3/b10-4+,13-7-. The quantitative estimate of drug-likeness (QED) is 0.563. The molecule has 5 nitrogen and oxygen atoms in total. The zero-order chi connectivity index (χ0) is 13.5. The van der Waals surface area contributed by atoms with Crippen molar-refractivity contribution in [2.24, 2.45) is 10.7 Å². The number of nitrogens with two attached hydrogens (primary N) is 1. The normalized spacial score (nSPS) is 26.3. The molecule has 2 unspecified atom stereocenters. The van der Waals surface area contributed by atoms with Crippen molar-refractivity contribution in [2.75, 3.05) is 20.3 Å². The van der Waals surface area contributed by atoms with Crippen LogP contribution in [-0.4, -0.2) is 49.1 Å². The second-order valence-electron chi connectivity index (χ2n) is 4.48. The van der Waals surface area contributed by atoms with Gasteiger partial charge in [-0.2, -0.15) is 0 Å². The Bertz CT molecular complexity index is 339. The van der Waals surface area contributed by atoms with Crippen LogP contribution in [0.2, 0.25) is 0 Å². The summed E-state index contributed by atoms with van der Waals surface area (Å²) in [5.41, 5.74) is 6.61. The molecule has 1 rings (SSSR count). The monoisotopic (exact) mass is 253 g/mol. The van der Waals surface area contributed by atoms with Crippen LogP contribution in [0.4, 0.5) is 0 Å². The molecule has 1 aliphatic rings. The molecule has 0 radical (unpaired) electrons. The molecule has 5 heteroatoms. The highest BCUT2D eigenvalue weighted by molar-refractivity contribution is 5.29. The topological polar surface area (TPSA) is 71.1 Å². The zero-order valence-electron chi connectivity index (χ0n) is 11.2. The van der Waals surface area contributed by atoms with Crippen LogP contribution >= 0.6 is 0 Å². The Labute approximate surface area is 109 Å². The van der Waals surface area contributed by atoms with Crippen molar-refractivity contribution in [3.63, 3.8) is 0 Å². The van der Waals surface area contributed by atoms with Gasteiger partial charge in [-0.05, 0) is 38.6 Å². The average molecular weight is 253 g/mol. The number of methoxy groups -OCH3 is 1. The number of aliphatic hydroxyl groups is 1. The second kappa shape index (κ2) is 7.18. The van der Waals surface area contributed by atoms with Gasteiger partial charge in [-0.25, -0.2) is 4.99 Å². The summed E-state index contributed by atoms with van der Waals surface area (Å²) in [7, 11) is 1.72. The Morgan fingerprint density at radius 2 is 2.28 bits per heavy atom. The van der Waals surface area contributed by atoms with E-state index >= 15 is 0 Å². The molecule has 1 saturated heterocycles. The van der Waals surface area contributed by atoms with Crippen LogP contribution in [0.5, 0.6) is 0 Å². The average Bonchev–Trinajstić information content (AvgIpc) is 2.43. The summed E-state index contributed by atoms with van der Waals surface area (Å²) in [5.74, 6) is 0.384. The van der Waals surface area contributed by atoms with Crippen LogP contribution < -0.4 is 5.73 Å². The molecule has 0 aliphatic carbocycles. The van der Waals surface area contributed by atoms with Crippen molar-refractivity contribution < 1.29 is 9.84 Å². The second-order valence-corrected chi connectivity index (χ2v) is 4.48. The van der Waals surface area contributed by atoms with Gasteiger partial charge in [0, 0.05) is 19.4 Å². The fourth-order valence-electron chi connectivity index (χ4n) is 2.16. The van der Waals surface area contributed by atoms with Crippen molar-refractivity contribution in [3.05, 3.63) is 23.7 Å². The molecular formula is C13H23N3O2. The maximum atomic E-state index is 9.41. The van der Waals surface area contributed by atoms with Crippen LogP contribution in [0, 0.1) is 0 Å². The molecule has 0 amide bonds. The van der Waals surface area contributed by atoms with E-state index in [1.165, 1.54) is 0 Å². The molecule has 0 saturated carbocycles. The van der Waals surface area contributed by atoms with Crippen LogP contribution in [0.25, 0.3) is 0 Å². The van der Waals surface area contributed by atoms with Crippen molar-refractivity contribution in [1.82, 2.24) is 4.90 Å². The van der Waals surface area contributed by atoms with Gasteiger partial charge in [-0.3, -0.25) is 0 Å². The van der Waals surface area contributed by atoms with Crippen LogP contribution in [-0.2, 0) is 4.74 Å². The lowest BCUT2D eigenvalue weighted by Gasteiger charge is -2.40. The predicted molar refractivity (Wildman–Crippen MR) is 73.2 cm³/mol. The first kappa shape index (κ1) is 14.7. The predicted octanol–water partition coefficient (Wildman–Crippen LogP) is 0.863. The van der Waals surface area contributed by atoms with Crippen LogP contribution in [0.15, 0.2) is 28.7 Å². The summed E-state index contributed by atoms with van der Waals surface area (Å²) in [4.78, 5) is 5.78. The lowest BCUT2D eigenvalue weighted by molar-refractivity contribution is 0.00640. The van der Waals surface area contributed by atoms with Crippen molar-refractivity contribution in [1.29, 1.82) is 0 Å². The molecule has 0 aromatic heterocycles. The minimum atomic E-state index is 0.152. The van der Waals surface area contributed by atoms with E-state index in [1.807, 2.05) is 13.0 Å². The summed E-state index contributed by atoms with van der Waals surface area (Å²) < 4.78 is 5.39. The SMILES string of the molecule is C=N/C(N)=C\C=C(/C)N1CC(OC)CCC1CO. The van der Waals surface area contributed by atoms with Gasteiger partial charge in [0.05, 0.1) is 18.8 Å². The number of aliphatic imine (C=N–C) groups is 1. The fourth-order valence-corrected chi connectivity index (χ4v) is 2.16. The van der Waals surface area contributed by atoms with Crippen molar-refractivity contribution in [3.8, 4) is 0 Å². The number of aliphatic hydroxyl groups excluding tert-OH is 1. The Morgan fingerprint density at radius 3 is 2.83 bits per heavy atom. The maximum Gasteiger partial charge on any atom is 0.122 e. The molecule has 2 atom stereocenters. The summed E-state index contributed by atoms with van der Waals surface area (Å²) >= 11 is 0. The van der Waals surface area contributed by atoms with Gasteiger partial charge in [-0.15, -0.1) is 0 Å². The number of nitrogens with zero attached hydrogens (tertiary/aromatic N) is 2. The van der Waals surface area contributed by atoms with Crippen LogP contribution in [0.3, 0.4) is 0 Å². The molecule has 1 heterocycles. The molecule has 0 spiro atoms. The molecule has 102 valence electrons. The van der Waals surface area contributed by atoms with Crippen LogP contribution in [0.1, 0.15) is 19.8 Å². The highest BCUT2D eigenvalue weighted by Gasteiger charge is 2.27. The maximum absolute atomic E-state index is 9.41. The first-order valence-corrected chi connectivity index (χ1v) is 6.13. The third-order valence-electron chi connectivity index (χ3n) is 3.34. The van der Waals surface area contributed by atoms with E-state index in [2.05, 4.69) is 16.6 Å². The molecule has 0 bridgehead atoms. The lowest BCUT2D eigenvalue weighted by Crippen LogP contribution is -2.46. The highest BCUT2D eigenvalue weighted by Crippen LogP contribution is 2.23. The molecule has 18 heavy (non-hydrogen) atoms. The third-order valence-corrected chi connectivity index (χ3v) is 3.34. The highest BCUT2D eigenvalue weighted by atomic mass is 16.5. The Morgan fingerprint density at radius 1 is 1.56 bits per heavy atom. The van der Waals surface area contributed by atoms with Gasteiger partial charge in [0.2, 0.25) is 0 Å². The lowest BCUT2D eigenvalue weighted by atomic mass is 9.99. The van der Waals surface area contributed by atoms with Crippen molar-refractivity contribution >= 4 is 6.72 Å². The molecule has 0 aromatic rings. The minimum absolute atomic E-state index is 0.152. The Hall–Kier alpha value is -1.33.